The molecule has 0 aliphatic heterocycles. The maximum absolute atomic E-state index is 10.5. The molecule has 0 atom stereocenters. The van der Waals surface area contributed by atoms with E-state index in [1.165, 1.54) is 25.7 Å². The topological polar surface area (TPSA) is 63.3 Å². The Morgan fingerprint density at radius 1 is 1.38 bits per heavy atom. The minimum atomic E-state index is -0.894. The molecule has 0 unspecified atom stereocenters. The van der Waals surface area contributed by atoms with Gasteiger partial charge in [0, 0.05) is 5.92 Å². The minimum absolute atomic E-state index is 0.118. The lowest BCUT2D eigenvalue weighted by atomic mass is 9.97. The molecule has 16 heavy (non-hydrogen) atoms. The van der Waals surface area contributed by atoms with E-state index >= 15 is 0 Å². The van der Waals surface area contributed by atoms with E-state index in [1.54, 1.807) is 6.26 Å². The zero-order chi connectivity index (χ0) is 11.4. The molecule has 0 bridgehead atoms. The van der Waals surface area contributed by atoms with Crippen molar-refractivity contribution in [2.45, 2.75) is 50.9 Å². The summed E-state index contributed by atoms with van der Waals surface area (Å²) in [6.07, 6.45) is 8.91. The molecular weight excluding hydrogens is 206 g/mol. The SMILES string of the molecule is O=C(O)Cc1nc(C2CCCCCC2)co1. The molecule has 4 heteroatoms. The van der Waals surface area contributed by atoms with Crippen LogP contribution in [0.25, 0.3) is 0 Å². The van der Waals surface area contributed by atoms with Crippen LogP contribution in [0.3, 0.4) is 0 Å². The zero-order valence-electron chi connectivity index (χ0n) is 9.32. The molecular formula is C12H17NO3. The van der Waals surface area contributed by atoms with Gasteiger partial charge in [-0.05, 0) is 12.8 Å². The Hall–Kier alpha value is -1.32. The van der Waals surface area contributed by atoms with Gasteiger partial charge in [0.1, 0.15) is 12.7 Å². The largest absolute Gasteiger partial charge is 0.481 e. The van der Waals surface area contributed by atoms with Gasteiger partial charge in [-0.15, -0.1) is 0 Å². The monoisotopic (exact) mass is 223 g/mol. The lowest BCUT2D eigenvalue weighted by molar-refractivity contribution is -0.136. The molecule has 2 rings (SSSR count). The third kappa shape index (κ3) is 2.84. The first-order valence-corrected chi connectivity index (χ1v) is 5.92. The van der Waals surface area contributed by atoms with Crippen LogP contribution < -0.4 is 0 Å². The minimum Gasteiger partial charge on any atom is -0.481 e. The predicted octanol–water partition coefficient (Wildman–Crippen LogP) is 2.74. The summed E-state index contributed by atoms with van der Waals surface area (Å²) in [6, 6.07) is 0. The molecule has 1 fully saturated rings. The van der Waals surface area contributed by atoms with Gasteiger partial charge in [0.05, 0.1) is 5.69 Å². The van der Waals surface area contributed by atoms with Crippen molar-refractivity contribution in [2.75, 3.05) is 0 Å². The van der Waals surface area contributed by atoms with Gasteiger partial charge in [-0.3, -0.25) is 4.79 Å². The number of hydrogen-bond donors (Lipinski definition) is 1. The third-order valence-electron chi connectivity index (χ3n) is 3.15. The summed E-state index contributed by atoms with van der Waals surface area (Å²) in [5, 5.41) is 8.63. The highest BCUT2D eigenvalue weighted by Crippen LogP contribution is 2.30. The fourth-order valence-electron chi connectivity index (χ4n) is 2.30. The molecule has 0 spiro atoms. The van der Waals surface area contributed by atoms with Gasteiger partial charge in [0.25, 0.3) is 0 Å². The van der Waals surface area contributed by atoms with Gasteiger partial charge < -0.3 is 9.52 Å². The van der Waals surface area contributed by atoms with E-state index in [4.69, 9.17) is 9.52 Å². The van der Waals surface area contributed by atoms with E-state index in [-0.39, 0.29) is 6.42 Å². The van der Waals surface area contributed by atoms with Crippen LogP contribution in [0.5, 0.6) is 0 Å². The highest BCUT2D eigenvalue weighted by atomic mass is 16.4. The van der Waals surface area contributed by atoms with Gasteiger partial charge in [0.2, 0.25) is 5.89 Å². The van der Waals surface area contributed by atoms with Crippen molar-refractivity contribution >= 4 is 5.97 Å². The molecule has 1 heterocycles. The number of oxazole rings is 1. The Morgan fingerprint density at radius 3 is 2.69 bits per heavy atom. The van der Waals surface area contributed by atoms with Crippen molar-refractivity contribution in [3.05, 3.63) is 17.8 Å². The van der Waals surface area contributed by atoms with Crippen molar-refractivity contribution in [1.82, 2.24) is 4.98 Å². The van der Waals surface area contributed by atoms with Crippen LogP contribution >= 0.6 is 0 Å². The zero-order valence-corrected chi connectivity index (χ0v) is 9.32. The third-order valence-corrected chi connectivity index (χ3v) is 3.15. The number of nitrogens with zero attached hydrogens (tertiary/aromatic N) is 1. The first-order valence-electron chi connectivity index (χ1n) is 5.92. The average molecular weight is 223 g/mol. The molecule has 1 aliphatic carbocycles. The Bertz CT molecular complexity index is 351. The molecule has 0 saturated heterocycles. The van der Waals surface area contributed by atoms with E-state index in [2.05, 4.69) is 4.98 Å². The van der Waals surface area contributed by atoms with Gasteiger partial charge in [-0.2, -0.15) is 0 Å². The van der Waals surface area contributed by atoms with Gasteiger partial charge in [-0.1, -0.05) is 25.7 Å². The van der Waals surface area contributed by atoms with Crippen molar-refractivity contribution in [2.24, 2.45) is 0 Å². The molecule has 1 N–H and O–H groups in total. The van der Waals surface area contributed by atoms with E-state index in [1.807, 2.05) is 0 Å². The molecule has 4 nitrogen and oxygen atoms in total. The fourth-order valence-corrected chi connectivity index (χ4v) is 2.30. The molecule has 1 aromatic rings. The fraction of sp³-hybridized carbons (Fsp3) is 0.667. The molecule has 1 aliphatic rings. The van der Waals surface area contributed by atoms with Crippen LogP contribution in [0, 0.1) is 0 Å². The average Bonchev–Trinajstić information content (AvgIpc) is 2.53. The number of carboxylic acid groups (broad SMARTS) is 1. The second-order valence-corrected chi connectivity index (χ2v) is 4.43. The normalized spacial score (nSPS) is 18.2. The van der Waals surface area contributed by atoms with E-state index in [0.29, 0.717) is 11.8 Å². The number of carbonyl (C=O) groups is 1. The standard InChI is InChI=1S/C12H17NO3/c14-12(15)7-11-13-10(8-16-11)9-5-3-1-2-4-6-9/h8-9H,1-7H2,(H,14,15). The number of aliphatic carboxylic acids is 1. The Labute approximate surface area is 94.7 Å². The highest BCUT2D eigenvalue weighted by molar-refractivity contribution is 5.68. The van der Waals surface area contributed by atoms with Gasteiger partial charge >= 0.3 is 5.97 Å². The van der Waals surface area contributed by atoms with Crippen molar-refractivity contribution in [3.8, 4) is 0 Å². The number of hydrogen-bond acceptors (Lipinski definition) is 3. The van der Waals surface area contributed by atoms with Crippen molar-refractivity contribution in [3.63, 3.8) is 0 Å². The van der Waals surface area contributed by atoms with Crippen molar-refractivity contribution < 1.29 is 14.3 Å². The van der Waals surface area contributed by atoms with Crippen molar-refractivity contribution in [1.29, 1.82) is 0 Å². The van der Waals surface area contributed by atoms with Crippen LogP contribution in [0.15, 0.2) is 10.7 Å². The Balaban J connectivity index is 2.02. The summed E-state index contributed by atoms with van der Waals surface area (Å²) in [7, 11) is 0. The molecule has 1 saturated carbocycles. The van der Waals surface area contributed by atoms with Crippen LogP contribution in [0.2, 0.25) is 0 Å². The van der Waals surface area contributed by atoms with Gasteiger partial charge in [-0.25, -0.2) is 4.98 Å². The maximum atomic E-state index is 10.5. The van der Waals surface area contributed by atoms with E-state index in [9.17, 15) is 4.79 Å². The van der Waals surface area contributed by atoms with E-state index < -0.39 is 5.97 Å². The molecule has 1 aromatic heterocycles. The summed E-state index contributed by atoms with van der Waals surface area (Å²) >= 11 is 0. The summed E-state index contributed by atoms with van der Waals surface area (Å²) in [4.78, 5) is 14.8. The lowest BCUT2D eigenvalue weighted by Gasteiger charge is -2.08. The first kappa shape index (κ1) is 11.2. The van der Waals surface area contributed by atoms with Crippen LogP contribution in [-0.4, -0.2) is 16.1 Å². The Morgan fingerprint density at radius 2 is 2.06 bits per heavy atom. The quantitative estimate of drug-likeness (QED) is 0.800. The van der Waals surface area contributed by atoms with Gasteiger partial charge in [0.15, 0.2) is 0 Å². The highest BCUT2D eigenvalue weighted by Gasteiger charge is 2.18. The van der Waals surface area contributed by atoms with Crippen LogP contribution in [0.4, 0.5) is 0 Å². The van der Waals surface area contributed by atoms with Crippen LogP contribution in [0.1, 0.15) is 56.0 Å². The molecule has 88 valence electrons. The smallest absolute Gasteiger partial charge is 0.312 e. The number of carboxylic acids is 1. The summed E-state index contributed by atoms with van der Waals surface area (Å²) in [6.45, 7) is 0. The lowest BCUT2D eigenvalue weighted by Crippen LogP contribution is -2.02. The van der Waals surface area contributed by atoms with E-state index in [0.717, 1.165) is 18.5 Å². The first-order chi connectivity index (χ1) is 7.75. The molecule has 0 radical (unpaired) electrons. The summed E-state index contributed by atoms with van der Waals surface area (Å²) < 4.78 is 5.18. The summed E-state index contributed by atoms with van der Waals surface area (Å²) in [5.74, 6) is -0.102. The maximum Gasteiger partial charge on any atom is 0.312 e. The number of aromatic nitrogens is 1. The second-order valence-electron chi connectivity index (χ2n) is 4.43. The van der Waals surface area contributed by atoms with Crippen LogP contribution in [-0.2, 0) is 11.2 Å². The predicted molar refractivity (Wildman–Crippen MR) is 58.3 cm³/mol. The molecule has 0 aromatic carbocycles. The molecule has 0 amide bonds. The Kier molecular flexibility index (Phi) is 3.59. The number of rotatable bonds is 3. The summed E-state index contributed by atoms with van der Waals surface area (Å²) in [5.41, 5.74) is 0.943. The second kappa shape index (κ2) is 5.14.